The molecule has 192 valence electrons. The first-order valence-corrected chi connectivity index (χ1v) is 13.5. The van der Waals surface area contributed by atoms with Crippen molar-refractivity contribution >= 4 is 20.9 Å². The minimum atomic E-state index is -3.74. The summed E-state index contributed by atoms with van der Waals surface area (Å²) in [7, 11) is -0.0690. The molecule has 2 aliphatic rings. The summed E-state index contributed by atoms with van der Waals surface area (Å²) in [6.07, 6.45) is 0.0439. The van der Waals surface area contributed by atoms with Gasteiger partial charge in [-0.2, -0.15) is 0 Å². The molecule has 2 aromatic carbocycles. The van der Waals surface area contributed by atoms with E-state index in [9.17, 15) is 17.2 Å². The van der Waals surface area contributed by atoms with Gasteiger partial charge in [-0.15, -0.1) is 8.78 Å². The van der Waals surface area contributed by atoms with Gasteiger partial charge in [-0.3, -0.25) is 4.98 Å². The van der Waals surface area contributed by atoms with E-state index in [1.807, 2.05) is 19.2 Å². The lowest BCUT2D eigenvalue weighted by atomic mass is 10.0. The van der Waals surface area contributed by atoms with Crippen LogP contribution in [0.1, 0.15) is 25.3 Å². The lowest BCUT2D eigenvalue weighted by Gasteiger charge is -2.15. The van der Waals surface area contributed by atoms with Crippen LogP contribution in [0.5, 0.6) is 11.5 Å². The Hall–Kier alpha value is -3.57. The average Bonchev–Trinajstić information content (AvgIpc) is 3.54. The van der Waals surface area contributed by atoms with Crippen molar-refractivity contribution in [2.24, 2.45) is 7.05 Å². The Morgan fingerprint density at radius 1 is 1.05 bits per heavy atom. The maximum Gasteiger partial charge on any atom is 0.586 e. The molecular weight excluding hydrogens is 502 g/mol. The highest BCUT2D eigenvalue weighted by Gasteiger charge is 2.44. The fraction of sp³-hybridized carbons (Fsp3) is 0.308. The largest absolute Gasteiger partial charge is 0.586 e. The number of nitrogens with zero attached hydrogens (tertiary/aromatic N) is 3. The zero-order chi connectivity index (χ0) is 26.2. The second-order valence-corrected chi connectivity index (χ2v) is 11.6. The van der Waals surface area contributed by atoms with Crippen molar-refractivity contribution in [2.75, 3.05) is 12.8 Å². The lowest BCUT2D eigenvalue weighted by molar-refractivity contribution is -0.286. The quantitative estimate of drug-likeness (QED) is 0.392. The molecule has 8 nitrogen and oxygen atoms in total. The highest BCUT2D eigenvalue weighted by atomic mass is 32.2. The van der Waals surface area contributed by atoms with Crippen molar-refractivity contribution in [1.82, 2.24) is 19.9 Å². The molecule has 6 rings (SSSR count). The summed E-state index contributed by atoms with van der Waals surface area (Å²) < 4.78 is 64.0. The van der Waals surface area contributed by atoms with Crippen molar-refractivity contribution in [3.05, 3.63) is 54.2 Å². The van der Waals surface area contributed by atoms with E-state index in [4.69, 9.17) is 0 Å². The van der Waals surface area contributed by atoms with E-state index in [-0.39, 0.29) is 39.2 Å². The average molecular weight is 527 g/mol. The van der Waals surface area contributed by atoms with Crippen LogP contribution in [0.25, 0.3) is 33.7 Å². The number of fused-ring (bicyclic) bond motifs is 2. The van der Waals surface area contributed by atoms with Gasteiger partial charge in [-0.05, 0) is 37.1 Å². The second-order valence-electron chi connectivity index (χ2n) is 9.33. The monoisotopic (exact) mass is 526 g/mol. The molecule has 0 bridgehead atoms. The van der Waals surface area contributed by atoms with Gasteiger partial charge in [0.05, 0.1) is 21.7 Å². The van der Waals surface area contributed by atoms with Gasteiger partial charge in [0, 0.05) is 36.5 Å². The van der Waals surface area contributed by atoms with E-state index in [0.717, 1.165) is 18.4 Å². The summed E-state index contributed by atoms with van der Waals surface area (Å²) in [5.74, 6) is -0.0962. The molecule has 1 aliphatic carbocycles. The van der Waals surface area contributed by atoms with Gasteiger partial charge in [-0.1, -0.05) is 31.2 Å². The molecule has 11 heteroatoms. The fourth-order valence-corrected chi connectivity index (χ4v) is 5.86. The van der Waals surface area contributed by atoms with Crippen molar-refractivity contribution in [2.45, 2.75) is 36.5 Å². The SMILES string of the molecule is CCS(=O)(=O)c1cc(-c2ccc(C3(NC)CC3)cc2)cnc1-c1nc2cc3c(cc2n1C)OC(F)(F)O3. The Labute approximate surface area is 212 Å². The maximum absolute atomic E-state index is 13.5. The molecule has 1 saturated carbocycles. The third kappa shape index (κ3) is 3.84. The standard InChI is InChI=1S/C26H24F2N4O4S/c1-4-37(33,34)22-11-16(15-5-7-17(8-6-15)25(29-2)9-10-25)14-30-23(22)24-31-18-12-20-21(13-19(18)32(24)3)36-26(27,28)35-20/h5-8,11-14,29H,4,9-10H2,1-3H3. The lowest BCUT2D eigenvalue weighted by Crippen LogP contribution is -2.25. The topological polar surface area (TPSA) is 95.3 Å². The number of benzene rings is 2. The number of imidazole rings is 1. The number of sulfone groups is 1. The van der Waals surface area contributed by atoms with Crippen LogP contribution in [-0.2, 0) is 22.4 Å². The third-order valence-electron chi connectivity index (χ3n) is 7.18. The van der Waals surface area contributed by atoms with Gasteiger partial charge in [0.2, 0.25) is 0 Å². The summed E-state index contributed by atoms with van der Waals surface area (Å²) in [5, 5.41) is 3.37. The van der Waals surface area contributed by atoms with Gasteiger partial charge in [0.1, 0.15) is 5.69 Å². The Balaban J connectivity index is 1.45. The molecule has 2 aromatic heterocycles. The van der Waals surface area contributed by atoms with Gasteiger partial charge in [-0.25, -0.2) is 13.4 Å². The molecule has 1 aliphatic heterocycles. The fourth-order valence-electron chi connectivity index (χ4n) is 4.80. The number of halogens is 2. The van der Waals surface area contributed by atoms with Crippen molar-refractivity contribution in [3.8, 4) is 34.1 Å². The third-order valence-corrected chi connectivity index (χ3v) is 8.92. The number of nitrogens with one attached hydrogen (secondary N) is 1. The number of pyridine rings is 1. The van der Waals surface area contributed by atoms with Gasteiger partial charge in [0.25, 0.3) is 0 Å². The van der Waals surface area contributed by atoms with Crippen LogP contribution in [-0.4, -0.2) is 42.0 Å². The molecular formula is C26H24F2N4O4S. The normalized spacial score (nSPS) is 17.3. The highest BCUT2D eigenvalue weighted by molar-refractivity contribution is 7.91. The van der Waals surface area contributed by atoms with E-state index < -0.39 is 16.1 Å². The summed E-state index contributed by atoms with van der Waals surface area (Å²) in [6.45, 7) is 1.57. The molecule has 4 aromatic rings. The molecule has 0 unspecified atom stereocenters. The first-order chi connectivity index (χ1) is 17.6. The van der Waals surface area contributed by atoms with Crippen LogP contribution in [0.2, 0.25) is 0 Å². The zero-order valence-corrected chi connectivity index (χ0v) is 21.2. The maximum atomic E-state index is 13.5. The molecule has 0 saturated heterocycles. The number of alkyl halides is 2. The molecule has 0 atom stereocenters. The van der Waals surface area contributed by atoms with Crippen molar-refractivity contribution in [3.63, 3.8) is 0 Å². The predicted octanol–water partition coefficient (Wildman–Crippen LogP) is 4.63. The van der Waals surface area contributed by atoms with E-state index in [1.165, 1.54) is 17.7 Å². The highest BCUT2D eigenvalue weighted by Crippen LogP contribution is 2.46. The van der Waals surface area contributed by atoms with Crippen molar-refractivity contribution < 1.29 is 26.7 Å². The van der Waals surface area contributed by atoms with E-state index in [1.54, 1.807) is 30.8 Å². The molecule has 1 fully saturated rings. The van der Waals surface area contributed by atoms with Gasteiger partial charge < -0.3 is 19.4 Å². The Morgan fingerprint density at radius 3 is 2.35 bits per heavy atom. The number of hydrogen-bond acceptors (Lipinski definition) is 7. The van der Waals surface area contributed by atoms with Crippen LogP contribution in [0.15, 0.2) is 53.6 Å². The first kappa shape index (κ1) is 23.8. The number of aromatic nitrogens is 3. The van der Waals surface area contributed by atoms with Gasteiger partial charge >= 0.3 is 6.29 Å². The van der Waals surface area contributed by atoms with E-state index in [0.29, 0.717) is 16.6 Å². The Bertz CT molecular complexity index is 1660. The summed E-state index contributed by atoms with van der Waals surface area (Å²) in [6, 6.07) is 12.4. The van der Waals surface area contributed by atoms with Crippen LogP contribution < -0.4 is 14.8 Å². The van der Waals surface area contributed by atoms with Crippen LogP contribution in [0.4, 0.5) is 8.78 Å². The molecule has 37 heavy (non-hydrogen) atoms. The molecule has 0 spiro atoms. The summed E-state index contributed by atoms with van der Waals surface area (Å²) >= 11 is 0. The van der Waals surface area contributed by atoms with Crippen LogP contribution in [0, 0.1) is 0 Å². The van der Waals surface area contributed by atoms with Crippen molar-refractivity contribution in [1.29, 1.82) is 0 Å². The number of hydrogen-bond donors (Lipinski definition) is 1. The van der Waals surface area contributed by atoms with E-state index in [2.05, 4.69) is 36.9 Å². The minimum absolute atomic E-state index is 0.0315. The number of aryl methyl sites for hydroxylation is 1. The van der Waals surface area contributed by atoms with Crippen LogP contribution >= 0.6 is 0 Å². The summed E-state index contributed by atoms with van der Waals surface area (Å²) in [4.78, 5) is 9.11. The van der Waals surface area contributed by atoms with Crippen LogP contribution in [0.3, 0.4) is 0 Å². The Morgan fingerprint density at radius 2 is 1.73 bits per heavy atom. The second kappa shape index (κ2) is 7.96. The predicted molar refractivity (Wildman–Crippen MR) is 133 cm³/mol. The smallest absolute Gasteiger partial charge is 0.395 e. The van der Waals surface area contributed by atoms with Gasteiger partial charge in [0.15, 0.2) is 27.2 Å². The molecule has 0 radical (unpaired) electrons. The Kier molecular flexibility index (Phi) is 5.12. The molecule has 3 heterocycles. The number of rotatable bonds is 6. The molecule has 1 N–H and O–H groups in total. The van der Waals surface area contributed by atoms with E-state index >= 15 is 0 Å². The minimum Gasteiger partial charge on any atom is -0.395 e. The summed E-state index contributed by atoms with van der Waals surface area (Å²) in [5.41, 5.74) is 3.73. The molecule has 0 amide bonds. The first-order valence-electron chi connectivity index (χ1n) is 11.9. The zero-order valence-electron chi connectivity index (χ0n) is 20.4. The number of ether oxygens (including phenoxy) is 2.